The van der Waals surface area contributed by atoms with Crippen molar-refractivity contribution >= 4 is 17.7 Å². The van der Waals surface area contributed by atoms with Gasteiger partial charge in [-0.1, -0.05) is 6.08 Å². The molecule has 8 heteroatoms. The van der Waals surface area contributed by atoms with Crippen molar-refractivity contribution in [3.8, 4) is 5.75 Å². The molecule has 2 unspecified atom stereocenters. The Hall–Kier alpha value is -3.13. The van der Waals surface area contributed by atoms with Crippen molar-refractivity contribution in [2.24, 2.45) is 5.92 Å². The highest BCUT2D eigenvalue weighted by molar-refractivity contribution is 5.93. The summed E-state index contributed by atoms with van der Waals surface area (Å²) in [5, 5.41) is 0. The lowest BCUT2D eigenvalue weighted by Crippen LogP contribution is -2.44. The highest BCUT2D eigenvalue weighted by Gasteiger charge is 2.35. The Bertz CT molecular complexity index is 974. The Kier molecular flexibility index (Phi) is 5.23. The zero-order valence-corrected chi connectivity index (χ0v) is 17.0. The second kappa shape index (κ2) is 8.19. The summed E-state index contributed by atoms with van der Waals surface area (Å²) in [6, 6.07) is 5.35. The van der Waals surface area contributed by atoms with Crippen molar-refractivity contribution in [2.45, 2.75) is 31.7 Å². The third-order valence-corrected chi connectivity index (χ3v) is 6.11. The highest BCUT2D eigenvalue weighted by Crippen LogP contribution is 2.28. The summed E-state index contributed by atoms with van der Waals surface area (Å²) in [4.78, 5) is 38.3. The first-order valence-corrected chi connectivity index (χ1v) is 10.5. The van der Waals surface area contributed by atoms with Gasteiger partial charge in [0.2, 0.25) is 5.91 Å². The van der Waals surface area contributed by atoms with E-state index in [0.717, 1.165) is 11.1 Å². The van der Waals surface area contributed by atoms with E-state index in [0.29, 0.717) is 43.9 Å². The van der Waals surface area contributed by atoms with Crippen molar-refractivity contribution in [2.75, 3.05) is 26.3 Å². The van der Waals surface area contributed by atoms with Crippen LogP contribution in [0.2, 0.25) is 0 Å². The van der Waals surface area contributed by atoms with Crippen LogP contribution < -0.4 is 4.74 Å². The number of piperidine rings is 1. The summed E-state index contributed by atoms with van der Waals surface area (Å²) in [5.41, 5.74) is 2.29. The molecule has 5 rings (SSSR count). The lowest BCUT2D eigenvalue weighted by atomic mass is 9.89. The number of hydrogen-bond donors (Lipinski definition) is 0. The number of nitrogens with zero attached hydrogens (tertiary/aromatic N) is 1. The molecule has 0 spiro atoms. The van der Waals surface area contributed by atoms with Gasteiger partial charge in [0.1, 0.15) is 37.8 Å². The van der Waals surface area contributed by atoms with E-state index < -0.39 is 6.10 Å². The molecule has 1 aliphatic carbocycles. The van der Waals surface area contributed by atoms with Gasteiger partial charge in [-0.05, 0) is 24.3 Å². The number of carbonyl (C=O) groups excluding carboxylic acids is 3. The minimum Gasteiger partial charge on any atom is -0.500 e. The average Bonchev–Trinajstić information content (AvgIpc) is 3.41. The molecule has 1 fully saturated rings. The number of esters is 1. The van der Waals surface area contributed by atoms with Crippen LogP contribution in [0.4, 0.5) is 0 Å². The van der Waals surface area contributed by atoms with Gasteiger partial charge in [-0.15, -0.1) is 0 Å². The fourth-order valence-electron chi connectivity index (χ4n) is 4.30. The third kappa shape index (κ3) is 3.95. The van der Waals surface area contributed by atoms with Gasteiger partial charge in [-0.3, -0.25) is 9.59 Å². The van der Waals surface area contributed by atoms with Gasteiger partial charge >= 0.3 is 5.97 Å². The maximum Gasteiger partial charge on any atom is 0.338 e. The number of amides is 1. The molecule has 1 aromatic rings. The normalized spacial score (nSPS) is 24.9. The SMILES string of the molecule is O=C1OCc2cc(OC3CCN(C(=O)COC4C=CC5=COCC5C4=O)CC3)ccc21. The molecule has 1 aromatic carbocycles. The van der Waals surface area contributed by atoms with Crippen molar-refractivity contribution in [1.82, 2.24) is 4.90 Å². The summed E-state index contributed by atoms with van der Waals surface area (Å²) < 4.78 is 21.9. The number of Topliss-reactive ketones (excluding diaryl/α,β-unsaturated/α-hetero) is 1. The van der Waals surface area contributed by atoms with Gasteiger partial charge < -0.3 is 23.8 Å². The van der Waals surface area contributed by atoms with Crippen LogP contribution in [-0.4, -0.2) is 61.1 Å². The molecule has 1 amide bonds. The average molecular weight is 425 g/mol. The predicted molar refractivity (Wildman–Crippen MR) is 107 cm³/mol. The van der Waals surface area contributed by atoms with Crippen LogP contribution >= 0.6 is 0 Å². The van der Waals surface area contributed by atoms with Crippen LogP contribution in [0.15, 0.2) is 42.2 Å². The van der Waals surface area contributed by atoms with Crippen molar-refractivity contribution in [1.29, 1.82) is 0 Å². The number of cyclic esters (lactones) is 1. The van der Waals surface area contributed by atoms with E-state index >= 15 is 0 Å². The standard InChI is InChI=1S/C23H23NO7/c25-21(13-29-20-4-1-14-10-28-12-19(14)22(20)26)24-7-5-16(6-8-24)31-17-2-3-18-15(9-17)11-30-23(18)27/h1-4,9-10,16,19-20H,5-8,11-13H2. The Morgan fingerprint density at radius 3 is 2.87 bits per heavy atom. The zero-order valence-electron chi connectivity index (χ0n) is 17.0. The monoisotopic (exact) mass is 425 g/mol. The predicted octanol–water partition coefficient (Wildman–Crippen LogP) is 1.78. The quantitative estimate of drug-likeness (QED) is 0.664. The highest BCUT2D eigenvalue weighted by atomic mass is 16.5. The van der Waals surface area contributed by atoms with E-state index in [1.807, 2.05) is 12.1 Å². The minimum atomic E-state index is -0.704. The van der Waals surface area contributed by atoms with Crippen molar-refractivity contribution < 1.29 is 33.3 Å². The summed E-state index contributed by atoms with van der Waals surface area (Å²) in [7, 11) is 0. The van der Waals surface area contributed by atoms with E-state index in [9.17, 15) is 14.4 Å². The zero-order chi connectivity index (χ0) is 21.4. The maximum absolute atomic E-state index is 12.5. The van der Waals surface area contributed by atoms with Gasteiger partial charge in [0, 0.05) is 37.1 Å². The van der Waals surface area contributed by atoms with Gasteiger partial charge in [-0.2, -0.15) is 0 Å². The topological polar surface area (TPSA) is 91.4 Å². The fraction of sp³-hybridized carbons (Fsp3) is 0.435. The molecule has 0 bridgehead atoms. The largest absolute Gasteiger partial charge is 0.500 e. The molecule has 0 radical (unpaired) electrons. The first-order valence-electron chi connectivity index (χ1n) is 10.5. The molecule has 1 saturated heterocycles. The third-order valence-electron chi connectivity index (χ3n) is 6.11. The Labute approximate surface area is 179 Å². The molecule has 4 aliphatic rings. The lowest BCUT2D eigenvalue weighted by molar-refractivity contribution is -0.143. The Morgan fingerprint density at radius 1 is 1.19 bits per heavy atom. The summed E-state index contributed by atoms with van der Waals surface area (Å²) >= 11 is 0. The number of allylic oxidation sites excluding steroid dienone is 1. The molecule has 31 heavy (non-hydrogen) atoms. The molecule has 0 N–H and O–H groups in total. The van der Waals surface area contributed by atoms with Crippen LogP contribution in [0.25, 0.3) is 0 Å². The first kappa shape index (κ1) is 19.8. The molecule has 0 aromatic heterocycles. The van der Waals surface area contributed by atoms with Gasteiger partial charge in [0.25, 0.3) is 0 Å². The summed E-state index contributed by atoms with van der Waals surface area (Å²) in [6.07, 6.45) is 5.81. The smallest absolute Gasteiger partial charge is 0.338 e. The molecule has 3 heterocycles. The minimum absolute atomic E-state index is 0.00327. The van der Waals surface area contributed by atoms with Crippen LogP contribution in [0.1, 0.15) is 28.8 Å². The van der Waals surface area contributed by atoms with E-state index in [4.69, 9.17) is 18.9 Å². The second-order valence-corrected chi connectivity index (χ2v) is 8.09. The number of hydrogen-bond acceptors (Lipinski definition) is 7. The molecule has 2 atom stereocenters. The van der Waals surface area contributed by atoms with Crippen molar-refractivity contribution in [3.05, 3.63) is 53.3 Å². The second-order valence-electron chi connectivity index (χ2n) is 8.09. The summed E-state index contributed by atoms with van der Waals surface area (Å²) in [6.45, 7) is 1.63. The molecular weight excluding hydrogens is 402 g/mol. The lowest BCUT2D eigenvalue weighted by Gasteiger charge is -2.32. The molecule has 8 nitrogen and oxygen atoms in total. The Morgan fingerprint density at radius 2 is 2.03 bits per heavy atom. The molecule has 0 saturated carbocycles. The van der Waals surface area contributed by atoms with E-state index in [1.54, 1.807) is 29.4 Å². The van der Waals surface area contributed by atoms with Crippen LogP contribution in [0, 0.1) is 5.92 Å². The molecule has 3 aliphatic heterocycles. The van der Waals surface area contributed by atoms with Crippen LogP contribution in [0.3, 0.4) is 0 Å². The fourth-order valence-corrected chi connectivity index (χ4v) is 4.30. The number of rotatable bonds is 5. The maximum atomic E-state index is 12.5. The summed E-state index contributed by atoms with van der Waals surface area (Å²) in [5.74, 6) is -0.0714. The van der Waals surface area contributed by atoms with E-state index in [2.05, 4.69) is 0 Å². The molecular formula is C23H23NO7. The van der Waals surface area contributed by atoms with Crippen LogP contribution in [0.5, 0.6) is 5.75 Å². The van der Waals surface area contributed by atoms with Gasteiger partial charge in [0.05, 0.1) is 17.7 Å². The van der Waals surface area contributed by atoms with E-state index in [1.165, 1.54) is 0 Å². The number of carbonyl (C=O) groups is 3. The van der Waals surface area contributed by atoms with Gasteiger partial charge in [-0.25, -0.2) is 4.79 Å². The number of fused-ring (bicyclic) bond motifs is 2. The number of ketones is 1. The van der Waals surface area contributed by atoms with Gasteiger partial charge in [0.15, 0.2) is 5.78 Å². The van der Waals surface area contributed by atoms with E-state index in [-0.39, 0.29) is 42.9 Å². The Balaban J connectivity index is 1.09. The number of ether oxygens (including phenoxy) is 4. The van der Waals surface area contributed by atoms with Crippen LogP contribution in [-0.2, 0) is 30.4 Å². The first-order chi connectivity index (χ1) is 15.1. The number of benzene rings is 1. The number of likely N-dealkylation sites (tertiary alicyclic amines) is 1. The molecule has 162 valence electrons. The van der Waals surface area contributed by atoms with Crippen molar-refractivity contribution in [3.63, 3.8) is 0 Å².